The van der Waals surface area contributed by atoms with Crippen LogP contribution in [0.25, 0.3) is 0 Å². The van der Waals surface area contributed by atoms with Gasteiger partial charge in [0.15, 0.2) is 11.6 Å². The first-order valence-corrected chi connectivity index (χ1v) is 12.2. The Kier molecular flexibility index (Phi) is 6.89. The molecule has 0 aromatic heterocycles. The normalized spacial score (nSPS) is 25.9. The van der Waals surface area contributed by atoms with Crippen molar-refractivity contribution in [3.05, 3.63) is 23.8 Å². The van der Waals surface area contributed by atoms with Crippen LogP contribution in [0.1, 0.15) is 32.6 Å². The number of halogens is 2. The maximum atomic E-state index is 15.0. The van der Waals surface area contributed by atoms with E-state index in [9.17, 15) is 9.59 Å². The first kappa shape index (κ1) is 22.2. The molecule has 3 aliphatic heterocycles. The number of nitrogens with zero attached hydrogens (tertiary/aromatic N) is 2. The van der Waals surface area contributed by atoms with Crippen LogP contribution in [0.15, 0.2) is 12.1 Å². The Morgan fingerprint density at radius 3 is 2.42 bits per heavy atom. The van der Waals surface area contributed by atoms with Crippen molar-refractivity contribution in [3.63, 3.8) is 0 Å². The minimum atomic E-state index is -0.665. The van der Waals surface area contributed by atoms with E-state index < -0.39 is 23.8 Å². The molecule has 0 spiro atoms. The van der Waals surface area contributed by atoms with Crippen LogP contribution in [0.5, 0.6) is 0 Å². The maximum absolute atomic E-state index is 15.0. The molecule has 1 aromatic carbocycles. The lowest BCUT2D eigenvalue weighted by molar-refractivity contribution is -0.121. The predicted octanol–water partition coefficient (Wildman–Crippen LogP) is 3.79. The molecule has 3 saturated heterocycles. The van der Waals surface area contributed by atoms with Crippen LogP contribution in [-0.2, 0) is 9.53 Å². The summed E-state index contributed by atoms with van der Waals surface area (Å²) in [6.45, 7) is 3.56. The van der Waals surface area contributed by atoms with Gasteiger partial charge in [-0.15, -0.1) is 0 Å². The zero-order valence-electron chi connectivity index (χ0n) is 17.7. The topological polar surface area (TPSA) is 61.9 Å². The zero-order valence-corrected chi connectivity index (χ0v) is 18.6. The number of benzene rings is 1. The Morgan fingerprint density at radius 1 is 1.16 bits per heavy atom. The number of carbonyl (C=O) groups is 2. The highest BCUT2D eigenvalue weighted by Gasteiger charge is 2.37. The van der Waals surface area contributed by atoms with Crippen molar-refractivity contribution in [3.8, 4) is 0 Å². The summed E-state index contributed by atoms with van der Waals surface area (Å²) in [6, 6.07) is 2.42. The molecule has 6 nitrogen and oxygen atoms in total. The number of hydrogen-bond acceptors (Lipinski definition) is 5. The first-order chi connectivity index (χ1) is 15.0. The second-order valence-corrected chi connectivity index (χ2v) is 9.77. The molecule has 170 valence electrons. The third kappa shape index (κ3) is 4.91. The second kappa shape index (κ2) is 9.63. The zero-order chi connectivity index (χ0) is 22.0. The number of amides is 2. The summed E-state index contributed by atoms with van der Waals surface area (Å²) in [4.78, 5) is 26.9. The van der Waals surface area contributed by atoms with Crippen molar-refractivity contribution >= 4 is 35.1 Å². The van der Waals surface area contributed by atoms with Crippen molar-refractivity contribution in [2.45, 2.75) is 38.7 Å². The number of hydrogen-bond donors (Lipinski definition) is 1. The third-order valence-corrected chi connectivity index (χ3v) is 7.40. The smallest absolute Gasteiger partial charge is 0.414 e. The van der Waals surface area contributed by atoms with Gasteiger partial charge in [0.25, 0.3) is 0 Å². The van der Waals surface area contributed by atoms with E-state index in [4.69, 9.17) is 4.74 Å². The largest absolute Gasteiger partial charge is 0.442 e. The van der Waals surface area contributed by atoms with Crippen LogP contribution < -0.4 is 15.1 Å². The number of rotatable bonds is 6. The molecule has 3 fully saturated rings. The van der Waals surface area contributed by atoms with Crippen molar-refractivity contribution in [1.82, 2.24) is 5.32 Å². The van der Waals surface area contributed by atoms with E-state index in [1.165, 1.54) is 17.0 Å². The molecular weight excluding hydrogens is 424 g/mol. The standard InChI is InChI=1S/C22H29F2N3O3S/c1-2-3-20(28)25-10-17-13-27(22(29)30-17)16-8-18(23)21(19(24)9-16)26-11-14-4-6-31-7-5-15(14)12-26/h8-9,14-15,17H,2-7,10-13H2,1H3,(H,25,28)/t14?,15?,17-/m0/s1. The van der Waals surface area contributed by atoms with Crippen LogP contribution in [0.2, 0.25) is 0 Å². The van der Waals surface area contributed by atoms with Gasteiger partial charge < -0.3 is 15.0 Å². The molecule has 0 saturated carbocycles. The Morgan fingerprint density at radius 2 is 1.81 bits per heavy atom. The van der Waals surface area contributed by atoms with Gasteiger partial charge in [0.2, 0.25) is 5.91 Å². The van der Waals surface area contributed by atoms with Gasteiger partial charge in [-0.05, 0) is 42.6 Å². The number of anilines is 2. The molecule has 0 radical (unpaired) electrons. The molecule has 31 heavy (non-hydrogen) atoms. The van der Waals surface area contributed by atoms with E-state index in [0.717, 1.165) is 30.8 Å². The Hall–Kier alpha value is -2.03. The number of cyclic esters (lactones) is 1. The minimum absolute atomic E-state index is 0.000389. The average molecular weight is 454 g/mol. The summed E-state index contributed by atoms with van der Waals surface area (Å²) in [5.74, 6) is 1.74. The Bertz CT molecular complexity index is 803. The minimum Gasteiger partial charge on any atom is -0.442 e. The molecule has 3 aliphatic rings. The fraction of sp³-hybridized carbons (Fsp3) is 0.636. The van der Waals surface area contributed by atoms with Crippen LogP contribution in [0.4, 0.5) is 25.0 Å². The molecule has 9 heteroatoms. The van der Waals surface area contributed by atoms with Gasteiger partial charge in [-0.3, -0.25) is 9.69 Å². The van der Waals surface area contributed by atoms with Crippen molar-refractivity contribution < 1.29 is 23.1 Å². The van der Waals surface area contributed by atoms with E-state index in [1.807, 2.05) is 23.6 Å². The van der Waals surface area contributed by atoms with Crippen molar-refractivity contribution in [2.24, 2.45) is 11.8 Å². The van der Waals surface area contributed by atoms with Crippen LogP contribution >= 0.6 is 11.8 Å². The number of carbonyl (C=O) groups excluding carboxylic acids is 2. The molecule has 1 aromatic rings. The fourth-order valence-corrected chi connectivity index (χ4v) is 5.88. The molecule has 0 bridgehead atoms. The van der Waals surface area contributed by atoms with E-state index in [0.29, 0.717) is 31.3 Å². The van der Waals surface area contributed by atoms with Gasteiger partial charge in [0.1, 0.15) is 11.8 Å². The first-order valence-electron chi connectivity index (χ1n) is 11.0. The van der Waals surface area contributed by atoms with E-state index >= 15 is 8.78 Å². The van der Waals surface area contributed by atoms with Crippen LogP contribution in [0.3, 0.4) is 0 Å². The van der Waals surface area contributed by atoms with Gasteiger partial charge in [0, 0.05) is 31.6 Å². The Labute approximate surface area is 185 Å². The summed E-state index contributed by atoms with van der Waals surface area (Å²) in [5.41, 5.74) is 0.136. The lowest BCUT2D eigenvalue weighted by Gasteiger charge is -2.22. The molecule has 4 rings (SSSR count). The third-order valence-electron chi connectivity index (χ3n) is 6.35. The van der Waals surface area contributed by atoms with Crippen LogP contribution in [0, 0.1) is 23.5 Å². The molecule has 0 aliphatic carbocycles. The summed E-state index contributed by atoms with van der Waals surface area (Å²) < 4.78 is 35.3. The van der Waals surface area contributed by atoms with E-state index in [1.54, 1.807) is 0 Å². The molecule has 2 amide bonds. The lowest BCUT2D eigenvalue weighted by Crippen LogP contribution is -2.34. The van der Waals surface area contributed by atoms with Gasteiger partial charge in [-0.25, -0.2) is 13.6 Å². The van der Waals surface area contributed by atoms with Crippen LogP contribution in [-0.4, -0.2) is 55.8 Å². The summed E-state index contributed by atoms with van der Waals surface area (Å²) in [6.07, 6.45) is 2.08. The van der Waals surface area contributed by atoms with Crippen molar-refractivity contribution in [1.29, 1.82) is 0 Å². The molecule has 3 atom stereocenters. The highest BCUT2D eigenvalue weighted by atomic mass is 32.2. The van der Waals surface area contributed by atoms with Gasteiger partial charge in [-0.1, -0.05) is 6.92 Å². The number of nitrogens with one attached hydrogen (secondary N) is 1. The molecule has 1 N–H and O–H groups in total. The molecule has 2 unspecified atom stereocenters. The van der Waals surface area contributed by atoms with E-state index in [2.05, 4.69) is 5.32 Å². The second-order valence-electron chi connectivity index (χ2n) is 8.54. The maximum Gasteiger partial charge on any atom is 0.414 e. The number of thioether (sulfide) groups is 1. The molecular formula is C22H29F2N3O3S. The van der Waals surface area contributed by atoms with Gasteiger partial charge in [0.05, 0.1) is 18.8 Å². The van der Waals surface area contributed by atoms with Gasteiger partial charge >= 0.3 is 6.09 Å². The Balaban J connectivity index is 1.44. The number of fused-ring (bicyclic) bond motifs is 1. The quantitative estimate of drug-likeness (QED) is 0.710. The summed E-state index contributed by atoms with van der Waals surface area (Å²) in [5, 5.41) is 2.72. The SMILES string of the molecule is CCCC(=O)NC[C@H]1CN(c2cc(F)c(N3CC4CCSCCC4C3)c(F)c2)C(=O)O1. The molecule has 3 heterocycles. The summed E-state index contributed by atoms with van der Waals surface area (Å²) in [7, 11) is 0. The lowest BCUT2D eigenvalue weighted by atomic mass is 9.92. The number of ether oxygens (including phenoxy) is 1. The predicted molar refractivity (Wildman–Crippen MR) is 118 cm³/mol. The highest BCUT2D eigenvalue weighted by Crippen LogP contribution is 2.39. The van der Waals surface area contributed by atoms with Crippen molar-refractivity contribution in [2.75, 3.05) is 47.5 Å². The highest BCUT2D eigenvalue weighted by molar-refractivity contribution is 7.99. The monoisotopic (exact) mass is 453 g/mol. The summed E-state index contributed by atoms with van der Waals surface area (Å²) >= 11 is 1.96. The van der Waals surface area contributed by atoms with Gasteiger partial charge in [-0.2, -0.15) is 11.8 Å². The van der Waals surface area contributed by atoms with E-state index in [-0.39, 0.29) is 30.4 Å². The average Bonchev–Trinajstić information content (AvgIpc) is 3.22. The fourth-order valence-electron chi connectivity index (χ4n) is 4.74.